The predicted molar refractivity (Wildman–Crippen MR) is 88.6 cm³/mol. The van der Waals surface area contributed by atoms with Crippen molar-refractivity contribution in [1.29, 1.82) is 0 Å². The number of nitrogens with one attached hydrogen (secondary N) is 1. The first-order valence-corrected chi connectivity index (χ1v) is 7.18. The maximum Gasteiger partial charge on any atom is 0.233 e. The topological polar surface area (TPSA) is 68.0 Å². The second-order valence-electron chi connectivity index (χ2n) is 5.09. The summed E-state index contributed by atoms with van der Waals surface area (Å²) in [4.78, 5) is 16.7. The first kappa shape index (κ1) is 14.2. The summed E-state index contributed by atoms with van der Waals surface area (Å²) in [5.41, 5.74) is 7.50. The van der Waals surface area contributed by atoms with Gasteiger partial charge in [-0.25, -0.2) is 0 Å². The van der Waals surface area contributed by atoms with Gasteiger partial charge in [-0.15, -0.1) is 0 Å². The molecule has 0 saturated heterocycles. The number of carbonyl (C=O) groups excluding carboxylic acids is 1. The number of anilines is 1. The van der Waals surface area contributed by atoms with Crippen LogP contribution in [-0.2, 0) is 4.79 Å². The maximum absolute atomic E-state index is 12.6. The molecule has 3 rings (SSSR count). The zero-order chi connectivity index (χ0) is 15.4. The monoisotopic (exact) mass is 291 g/mol. The Labute approximate surface area is 129 Å². The third-order valence-corrected chi connectivity index (χ3v) is 3.69. The molecule has 0 aliphatic rings. The summed E-state index contributed by atoms with van der Waals surface area (Å²) < 4.78 is 0. The van der Waals surface area contributed by atoms with Gasteiger partial charge < -0.3 is 11.1 Å². The fraction of sp³-hybridized carbons (Fsp3) is 0.111. The van der Waals surface area contributed by atoms with Crippen LogP contribution in [0, 0.1) is 0 Å². The Morgan fingerprint density at radius 1 is 1.09 bits per heavy atom. The van der Waals surface area contributed by atoms with E-state index in [1.807, 2.05) is 54.6 Å². The molecular formula is C18H17N3O. The van der Waals surface area contributed by atoms with Gasteiger partial charge in [0.2, 0.25) is 5.91 Å². The molecule has 3 aromatic rings. The van der Waals surface area contributed by atoms with E-state index >= 15 is 0 Å². The van der Waals surface area contributed by atoms with Crippen molar-refractivity contribution in [3.63, 3.8) is 0 Å². The lowest BCUT2D eigenvalue weighted by molar-refractivity contribution is -0.117. The maximum atomic E-state index is 12.6. The Kier molecular flexibility index (Phi) is 4.12. The molecule has 0 saturated carbocycles. The van der Waals surface area contributed by atoms with E-state index in [1.165, 1.54) is 0 Å². The molecule has 1 atom stereocenters. The number of pyridine rings is 1. The molecule has 4 heteroatoms. The van der Waals surface area contributed by atoms with E-state index in [9.17, 15) is 4.79 Å². The van der Waals surface area contributed by atoms with Crippen molar-refractivity contribution in [3.8, 4) is 0 Å². The van der Waals surface area contributed by atoms with Gasteiger partial charge in [-0.05, 0) is 17.7 Å². The van der Waals surface area contributed by atoms with Crippen molar-refractivity contribution < 1.29 is 4.79 Å². The number of carbonyl (C=O) groups is 1. The molecule has 1 amide bonds. The summed E-state index contributed by atoms with van der Waals surface area (Å²) in [7, 11) is 0. The second-order valence-corrected chi connectivity index (χ2v) is 5.09. The number of benzene rings is 2. The molecule has 1 aromatic heterocycles. The quantitative estimate of drug-likeness (QED) is 0.776. The van der Waals surface area contributed by atoms with Crippen LogP contribution in [0.3, 0.4) is 0 Å². The van der Waals surface area contributed by atoms with E-state index in [1.54, 1.807) is 12.4 Å². The highest BCUT2D eigenvalue weighted by molar-refractivity contribution is 6.04. The van der Waals surface area contributed by atoms with Gasteiger partial charge in [-0.3, -0.25) is 9.78 Å². The molecule has 0 radical (unpaired) electrons. The zero-order valence-electron chi connectivity index (χ0n) is 12.1. The lowest BCUT2D eigenvalue weighted by atomic mass is 9.98. The highest BCUT2D eigenvalue weighted by Gasteiger charge is 2.19. The fourth-order valence-electron chi connectivity index (χ4n) is 2.53. The van der Waals surface area contributed by atoms with Gasteiger partial charge in [0.05, 0.1) is 5.92 Å². The Bertz CT molecular complexity index is 781. The van der Waals surface area contributed by atoms with Crippen LogP contribution in [0.1, 0.15) is 11.5 Å². The van der Waals surface area contributed by atoms with Gasteiger partial charge in [0.15, 0.2) is 0 Å². The number of rotatable bonds is 4. The molecule has 0 spiro atoms. The largest absolute Gasteiger partial charge is 0.329 e. The summed E-state index contributed by atoms with van der Waals surface area (Å²) in [6, 6.07) is 17.2. The van der Waals surface area contributed by atoms with Crippen molar-refractivity contribution >= 4 is 22.4 Å². The summed E-state index contributed by atoms with van der Waals surface area (Å²) >= 11 is 0. The zero-order valence-corrected chi connectivity index (χ0v) is 12.1. The van der Waals surface area contributed by atoms with Gasteiger partial charge in [0.1, 0.15) is 0 Å². The van der Waals surface area contributed by atoms with Crippen LogP contribution < -0.4 is 11.1 Å². The van der Waals surface area contributed by atoms with Crippen molar-refractivity contribution in [3.05, 3.63) is 72.6 Å². The van der Waals surface area contributed by atoms with Crippen LogP contribution in [0.25, 0.3) is 10.8 Å². The van der Waals surface area contributed by atoms with Gasteiger partial charge >= 0.3 is 0 Å². The highest BCUT2D eigenvalue weighted by Crippen LogP contribution is 2.24. The van der Waals surface area contributed by atoms with E-state index in [0.29, 0.717) is 0 Å². The molecule has 0 aliphatic carbocycles. The van der Waals surface area contributed by atoms with E-state index in [4.69, 9.17) is 5.73 Å². The van der Waals surface area contributed by atoms with E-state index < -0.39 is 0 Å². The molecule has 0 fully saturated rings. The molecule has 0 bridgehead atoms. The smallest absolute Gasteiger partial charge is 0.233 e. The average molecular weight is 291 g/mol. The van der Waals surface area contributed by atoms with E-state index in [0.717, 1.165) is 22.0 Å². The standard InChI is InChI=1S/C18H17N3O/c19-11-16(13-5-2-1-3-6-13)18(22)21-17-8-4-7-14-12-20-10-9-15(14)17/h1-10,12,16H,11,19H2,(H,21,22). The molecule has 1 unspecified atom stereocenters. The van der Waals surface area contributed by atoms with Crippen molar-refractivity contribution in [2.24, 2.45) is 5.73 Å². The summed E-state index contributed by atoms with van der Waals surface area (Å²) in [6.07, 6.45) is 3.50. The minimum atomic E-state index is -0.363. The minimum Gasteiger partial charge on any atom is -0.329 e. The molecule has 0 aliphatic heterocycles. The number of fused-ring (bicyclic) bond motifs is 1. The molecule has 2 aromatic carbocycles. The SMILES string of the molecule is NCC(C(=O)Nc1cccc2cnccc12)c1ccccc1. The number of hydrogen-bond donors (Lipinski definition) is 2. The number of nitrogens with two attached hydrogens (primary N) is 1. The molecule has 22 heavy (non-hydrogen) atoms. The van der Waals surface area contributed by atoms with Crippen LogP contribution in [0.2, 0.25) is 0 Å². The Balaban J connectivity index is 1.89. The van der Waals surface area contributed by atoms with E-state index in [-0.39, 0.29) is 18.4 Å². The van der Waals surface area contributed by atoms with Crippen molar-refractivity contribution in [1.82, 2.24) is 4.98 Å². The van der Waals surface area contributed by atoms with Gasteiger partial charge in [0.25, 0.3) is 0 Å². The third-order valence-electron chi connectivity index (χ3n) is 3.69. The Morgan fingerprint density at radius 2 is 1.91 bits per heavy atom. The first-order valence-electron chi connectivity index (χ1n) is 7.18. The lowest BCUT2D eigenvalue weighted by Gasteiger charge is -2.16. The van der Waals surface area contributed by atoms with Crippen LogP contribution in [0.4, 0.5) is 5.69 Å². The predicted octanol–water partition coefficient (Wildman–Crippen LogP) is 2.92. The second kappa shape index (κ2) is 6.37. The summed E-state index contributed by atoms with van der Waals surface area (Å²) in [5, 5.41) is 4.95. The molecule has 3 N–H and O–H groups in total. The number of hydrogen-bond acceptors (Lipinski definition) is 3. The van der Waals surface area contributed by atoms with Crippen LogP contribution in [0.5, 0.6) is 0 Å². The Hall–Kier alpha value is -2.72. The third kappa shape index (κ3) is 2.82. The molecular weight excluding hydrogens is 274 g/mol. The average Bonchev–Trinajstić information content (AvgIpc) is 2.57. The van der Waals surface area contributed by atoms with Crippen molar-refractivity contribution in [2.45, 2.75) is 5.92 Å². The van der Waals surface area contributed by atoms with Crippen LogP contribution >= 0.6 is 0 Å². The van der Waals surface area contributed by atoms with Gasteiger partial charge in [-0.1, -0.05) is 42.5 Å². The molecule has 1 heterocycles. The van der Waals surface area contributed by atoms with Crippen molar-refractivity contribution in [2.75, 3.05) is 11.9 Å². The number of nitrogens with zero attached hydrogens (tertiary/aromatic N) is 1. The minimum absolute atomic E-state index is 0.0991. The number of aromatic nitrogens is 1. The Morgan fingerprint density at radius 3 is 2.68 bits per heavy atom. The first-order chi connectivity index (χ1) is 10.8. The fourth-order valence-corrected chi connectivity index (χ4v) is 2.53. The normalized spacial score (nSPS) is 12.0. The lowest BCUT2D eigenvalue weighted by Crippen LogP contribution is -2.27. The summed E-state index contributed by atoms with van der Waals surface area (Å²) in [6.45, 7) is 0.266. The summed E-state index contributed by atoms with van der Waals surface area (Å²) in [5.74, 6) is -0.462. The van der Waals surface area contributed by atoms with Crippen LogP contribution in [-0.4, -0.2) is 17.4 Å². The molecule has 110 valence electrons. The highest BCUT2D eigenvalue weighted by atomic mass is 16.1. The number of amides is 1. The van der Waals surface area contributed by atoms with Gasteiger partial charge in [0, 0.05) is 35.4 Å². The molecule has 4 nitrogen and oxygen atoms in total. The van der Waals surface area contributed by atoms with Gasteiger partial charge in [-0.2, -0.15) is 0 Å². The van der Waals surface area contributed by atoms with E-state index in [2.05, 4.69) is 10.3 Å². The van der Waals surface area contributed by atoms with Crippen LogP contribution in [0.15, 0.2) is 67.0 Å².